The minimum atomic E-state index is -0.884. The van der Waals surface area contributed by atoms with Crippen molar-refractivity contribution in [1.29, 1.82) is 0 Å². The van der Waals surface area contributed by atoms with Gasteiger partial charge in [-0.3, -0.25) is 4.57 Å². The summed E-state index contributed by atoms with van der Waals surface area (Å²) in [5.41, 5.74) is 1.58. The highest BCUT2D eigenvalue weighted by atomic mass is 35.5. The highest BCUT2D eigenvalue weighted by Crippen LogP contribution is 2.11. The standard InChI is InChI=1S/C14H18N4O3.ClH/c19-13-16-11-3-1-2-4-12(11)18(13)7-5-10-9-17(14(20)21)8-6-15-10;/h1-4,10,15H,5-9H2,(H,16,19)(H,20,21);1H. The number of rotatable bonds is 3. The quantitative estimate of drug-likeness (QED) is 0.787. The second-order valence-corrected chi connectivity index (χ2v) is 5.27. The van der Waals surface area contributed by atoms with Crippen molar-refractivity contribution in [1.82, 2.24) is 19.8 Å². The Morgan fingerprint density at radius 2 is 2.14 bits per heavy atom. The van der Waals surface area contributed by atoms with Crippen molar-refractivity contribution in [3.63, 3.8) is 0 Å². The van der Waals surface area contributed by atoms with Gasteiger partial charge in [-0.25, -0.2) is 9.59 Å². The van der Waals surface area contributed by atoms with Crippen molar-refractivity contribution in [3.8, 4) is 0 Å². The minimum absolute atomic E-state index is 0. The monoisotopic (exact) mass is 326 g/mol. The number of fused-ring (bicyclic) bond motifs is 1. The summed E-state index contributed by atoms with van der Waals surface area (Å²) in [7, 11) is 0. The molecule has 3 N–H and O–H groups in total. The second kappa shape index (κ2) is 6.85. The summed E-state index contributed by atoms with van der Waals surface area (Å²) >= 11 is 0. The maximum absolute atomic E-state index is 12.0. The number of piperazine rings is 1. The van der Waals surface area contributed by atoms with Crippen molar-refractivity contribution in [2.75, 3.05) is 19.6 Å². The van der Waals surface area contributed by atoms with E-state index >= 15 is 0 Å². The first-order valence-electron chi connectivity index (χ1n) is 7.04. The number of aromatic amines is 1. The third-order valence-corrected chi connectivity index (χ3v) is 3.91. The zero-order chi connectivity index (χ0) is 14.8. The highest BCUT2D eigenvalue weighted by Gasteiger charge is 2.22. The molecular weight excluding hydrogens is 308 g/mol. The van der Waals surface area contributed by atoms with E-state index in [1.54, 1.807) is 4.57 Å². The molecule has 1 aromatic heterocycles. The molecule has 0 radical (unpaired) electrons. The summed E-state index contributed by atoms with van der Waals surface area (Å²) in [5.74, 6) is 0. The van der Waals surface area contributed by atoms with Gasteiger partial charge in [-0.1, -0.05) is 12.1 Å². The van der Waals surface area contributed by atoms with E-state index in [1.165, 1.54) is 4.90 Å². The molecule has 1 aliphatic heterocycles. The molecule has 2 aromatic rings. The molecule has 22 heavy (non-hydrogen) atoms. The number of benzene rings is 1. The average molecular weight is 327 g/mol. The largest absolute Gasteiger partial charge is 0.465 e. The summed E-state index contributed by atoms with van der Waals surface area (Å²) in [6.07, 6.45) is -0.170. The van der Waals surface area contributed by atoms with Gasteiger partial charge in [0.15, 0.2) is 0 Å². The molecule has 1 amide bonds. The Bertz CT molecular complexity index is 711. The molecule has 0 bridgehead atoms. The number of halogens is 1. The van der Waals surface area contributed by atoms with E-state index in [2.05, 4.69) is 10.3 Å². The summed E-state index contributed by atoms with van der Waals surface area (Å²) in [6.45, 7) is 2.19. The topological polar surface area (TPSA) is 90.4 Å². The van der Waals surface area contributed by atoms with Crippen LogP contribution in [0.25, 0.3) is 11.0 Å². The smallest absolute Gasteiger partial charge is 0.407 e. The number of H-pyrrole nitrogens is 1. The van der Waals surface area contributed by atoms with Gasteiger partial charge in [0, 0.05) is 32.2 Å². The predicted molar refractivity (Wildman–Crippen MR) is 85.8 cm³/mol. The van der Waals surface area contributed by atoms with Crippen LogP contribution in [-0.2, 0) is 6.54 Å². The van der Waals surface area contributed by atoms with Crippen molar-refractivity contribution in [2.45, 2.75) is 19.0 Å². The van der Waals surface area contributed by atoms with Crippen LogP contribution in [0.4, 0.5) is 4.79 Å². The average Bonchev–Trinajstić information content (AvgIpc) is 2.81. The maximum Gasteiger partial charge on any atom is 0.407 e. The van der Waals surface area contributed by atoms with Crippen LogP contribution < -0.4 is 11.0 Å². The van der Waals surface area contributed by atoms with Gasteiger partial charge in [0.2, 0.25) is 0 Å². The van der Waals surface area contributed by atoms with Crippen LogP contribution in [0.2, 0.25) is 0 Å². The molecule has 1 fully saturated rings. The van der Waals surface area contributed by atoms with Crippen LogP contribution in [-0.4, -0.2) is 51.3 Å². The van der Waals surface area contributed by atoms with Crippen molar-refractivity contribution < 1.29 is 9.90 Å². The molecule has 8 heteroatoms. The molecular formula is C14H19ClN4O3. The molecule has 1 aliphatic rings. The van der Waals surface area contributed by atoms with Gasteiger partial charge in [0.25, 0.3) is 0 Å². The van der Waals surface area contributed by atoms with Crippen molar-refractivity contribution >= 4 is 29.5 Å². The Labute approximate surface area is 133 Å². The molecule has 7 nitrogen and oxygen atoms in total. The van der Waals surface area contributed by atoms with Gasteiger partial charge in [-0.2, -0.15) is 0 Å². The molecule has 2 heterocycles. The Morgan fingerprint density at radius 1 is 1.36 bits per heavy atom. The third kappa shape index (κ3) is 3.26. The Kier molecular flexibility index (Phi) is 5.10. The number of hydrogen-bond donors (Lipinski definition) is 3. The van der Waals surface area contributed by atoms with E-state index in [4.69, 9.17) is 5.11 Å². The van der Waals surface area contributed by atoms with E-state index in [0.29, 0.717) is 32.6 Å². The van der Waals surface area contributed by atoms with Gasteiger partial charge in [0.1, 0.15) is 0 Å². The molecule has 1 unspecified atom stereocenters. The zero-order valence-electron chi connectivity index (χ0n) is 12.0. The fourth-order valence-corrected chi connectivity index (χ4v) is 2.81. The second-order valence-electron chi connectivity index (χ2n) is 5.27. The third-order valence-electron chi connectivity index (χ3n) is 3.91. The Morgan fingerprint density at radius 3 is 2.91 bits per heavy atom. The Hall–Kier alpha value is -1.99. The van der Waals surface area contributed by atoms with Crippen LogP contribution in [0.5, 0.6) is 0 Å². The summed E-state index contributed by atoms with van der Waals surface area (Å²) in [5, 5.41) is 12.3. The SMILES string of the molecule is Cl.O=C(O)N1CCNC(CCn2c(=O)[nH]c3ccccc32)C1. The van der Waals surface area contributed by atoms with E-state index in [1.807, 2.05) is 24.3 Å². The fraction of sp³-hybridized carbons (Fsp3) is 0.429. The molecule has 0 aliphatic carbocycles. The molecule has 120 valence electrons. The number of nitrogens with one attached hydrogen (secondary N) is 2. The number of aromatic nitrogens is 2. The number of nitrogens with zero attached hydrogens (tertiary/aromatic N) is 2. The van der Waals surface area contributed by atoms with Crippen molar-refractivity contribution in [3.05, 3.63) is 34.7 Å². The number of para-hydroxylation sites is 2. The lowest BCUT2D eigenvalue weighted by atomic mass is 10.1. The number of carbonyl (C=O) groups is 1. The number of imidazole rings is 1. The number of aryl methyl sites for hydroxylation is 1. The van der Waals surface area contributed by atoms with Crippen LogP contribution in [0.15, 0.2) is 29.1 Å². The van der Waals surface area contributed by atoms with Gasteiger partial charge in [0.05, 0.1) is 11.0 Å². The first kappa shape index (κ1) is 16.4. The van der Waals surface area contributed by atoms with Gasteiger partial charge < -0.3 is 20.3 Å². The van der Waals surface area contributed by atoms with Gasteiger partial charge in [-0.05, 0) is 18.6 Å². The minimum Gasteiger partial charge on any atom is -0.465 e. The number of amides is 1. The molecule has 0 spiro atoms. The predicted octanol–water partition coefficient (Wildman–Crippen LogP) is 1.09. The molecule has 1 aromatic carbocycles. The lowest BCUT2D eigenvalue weighted by molar-refractivity contribution is 0.127. The van der Waals surface area contributed by atoms with Crippen molar-refractivity contribution in [2.24, 2.45) is 0 Å². The van der Waals surface area contributed by atoms with E-state index < -0.39 is 6.09 Å². The van der Waals surface area contributed by atoms with Crippen LogP contribution in [0.3, 0.4) is 0 Å². The molecule has 1 saturated heterocycles. The summed E-state index contributed by atoms with van der Waals surface area (Å²) < 4.78 is 1.71. The highest BCUT2D eigenvalue weighted by molar-refractivity contribution is 5.85. The summed E-state index contributed by atoms with van der Waals surface area (Å²) in [4.78, 5) is 27.2. The first-order chi connectivity index (χ1) is 10.1. The molecule has 0 saturated carbocycles. The van der Waals surface area contributed by atoms with E-state index in [0.717, 1.165) is 11.0 Å². The van der Waals surface area contributed by atoms with Crippen LogP contribution in [0.1, 0.15) is 6.42 Å². The van der Waals surface area contributed by atoms with E-state index in [9.17, 15) is 9.59 Å². The maximum atomic E-state index is 12.0. The fourth-order valence-electron chi connectivity index (χ4n) is 2.81. The van der Waals surface area contributed by atoms with Crippen LogP contribution in [0, 0.1) is 0 Å². The molecule has 1 atom stereocenters. The van der Waals surface area contributed by atoms with Crippen LogP contribution >= 0.6 is 12.4 Å². The lowest BCUT2D eigenvalue weighted by Gasteiger charge is -2.31. The number of hydrogen-bond acceptors (Lipinski definition) is 3. The molecule has 3 rings (SSSR count). The summed E-state index contributed by atoms with van der Waals surface area (Å²) in [6, 6.07) is 7.65. The number of carboxylic acid groups (broad SMARTS) is 1. The normalized spacial score (nSPS) is 18.2. The zero-order valence-corrected chi connectivity index (χ0v) is 12.8. The van der Waals surface area contributed by atoms with Gasteiger partial charge in [-0.15, -0.1) is 12.4 Å². The lowest BCUT2D eigenvalue weighted by Crippen LogP contribution is -2.52. The first-order valence-corrected chi connectivity index (χ1v) is 7.04. The van der Waals surface area contributed by atoms with E-state index in [-0.39, 0.29) is 24.1 Å². The Balaban J connectivity index is 0.00000176. The van der Waals surface area contributed by atoms with Gasteiger partial charge >= 0.3 is 11.8 Å².